The number of pyridine rings is 2. The minimum atomic E-state index is -0.388. The van der Waals surface area contributed by atoms with Gasteiger partial charge in [0.05, 0.1) is 11.9 Å². The third kappa shape index (κ3) is 2.54. The van der Waals surface area contributed by atoms with E-state index in [9.17, 15) is 9.59 Å². The summed E-state index contributed by atoms with van der Waals surface area (Å²) in [5.74, 6) is 0.0379. The molecule has 0 radical (unpaired) electrons. The number of aromatic amines is 1. The minimum absolute atomic E-state index is 0.275. The standard InChI is InChI=1S/C12H12N4O2/c1-7-4-9(13)6-15-11(7)16-12(18)8-2-3-14-10(17)5-8/h2-6H,13H2,1H3,(H,14,17)(H,15,16,18). The first-order valence-electron chi connectivity index (χ1n) is 5.28. The number of aryl methyl sites for hydroxylation is 1. The number of carbonyl (C=O) groups excluding carboxylic acids is 1. The van der Waals surface area contributed by atoms with E-state index < -0.39 is 0 Å². The first kappa shape index (κ1) is 11.8. The Morgan fingerprint density at radius 3 is 2.89 bits per heavy atom. The summed E-state index contributed by atoms with van der Waals surface area (Å²) in [6.45, 7) is 1.79. The van der Waals surface area contributed by atoms with Crippen LogP contribution in [0, 0.1) is 6.92 Å². The quantitative estimate of drug-likeness (QED) is 0.730. The number of nitrogens with one attached hydrogen (secondary N) is 2. The number of anilines is 2. The molecule has 4 N–H and O–H groups in total. The molecule has 0 spiro atoms. The molecule has 0 saturated heterocycles. The van der Waals surface area contributed by atoms with Gasteiger partial charge >= 0.3 is 0 Å². The van der Waals surface area contributed by atoms with Crippen LogP contribution in [0.1, 0.15) is 15.9 Å². The summed E-state index contributed by atoms with van der Waals surface area (Å²) in [6, 6.07) is 4.45. The second-order valence-corrected chi connectivity index (χ2v) is 3.83. The van der Waals surface area contributed by atoms with Crippen molar-refractivity contribution in [1.82, 2.24) is 9.97 Å². The lowest BCUT2D eigenvalue weighted by Gasteiger charge is -2.07. The van der Waals surface area contributed by atoms with Gasteiger partial charge in [-0.15, -0.1) is 0 Å². The zero-order chi connectivity index (χ0) is 13.1. The molecule has 2 rings (SSSR count). The maximum Gasteiger partial charge on any atom is 0.257 e. The molecular weight excluding hydrogens is 232 g/mol. The maximum absolute atomic E-state index is 11.9. The van der Waals surface area contributed by atoms with Gasteiger partial charge in [-0.25, -0.2) is 4.98 Å². The van der Waals surface area contributed by atoms with Crippen LogP contribution in [0.2, 0.25) is 0 Å². The van der Waals surface area contributed by atoms with Gasteiger partial charge in [-0.2, -0.15) is 0 Å². The monoisotopic (exact) mass is 244 g/mol. The Hall–Kier alpha value is -2.63. The van der Waals surface area contributed by atoms with Crippen molar-refractivity contribution < 1.29 is 4.79 Å². The summed E-state index contributed by atoms with van der Waals surface area (Å²) in [6.07, 6.45) is 2.88. The highest BCUT2D eigenvalue weighted by atomic mass is 16.2. The molecular formula is C12H12N4O2. The van der Waals surface area contributed by atoms with Crippen molar-refractivity contribution in [2.24, 2.45) is 0 Å². The van der Waals surface area contributed by atoms with Gasteiger partial charge < -0.3 is 16.0 Å². The zero-order valence-electron chi connectivity index (χ0n) is 9.73. The zero-order valence-corrected chi connectivity index (χ0v) is 9.73. The van der Waals surface area contributed by atoms with Crippen molar-refractivity contribution in [3.63, 3.8) is 0 Å². The van der Waals surface area contributed by atoms with Crippen LogP contribution in [0.15, 0.2) is 35.4 Å². The summed E-state index contributed by atoms with van der Waals surface area (Å²) in [5.41, 5.74) is 6.80. The molecule has 0 aromatic carbocycles. The van der Waals surface area contributed by atoms with Crippen LogP contribution in [-0.4, -0.2) is 15.9 Å². The molecule has 0 fully saturated rings. The first-order valence-corrected chi connectivity index (χ1v) is 5.28. The number of aromatic nitrogens is 2. The minimum Gasteiger partial charge on any atom is -0.397 e. The van der Waals surface area contributed by atoms with Crippen molar-refractivity contribution in [3.05, 3.63) is 52.1 Å². The van der Waals surface area contributed by atoms with Crippen molar-refractivity contribution >= 4 is 17.4 Å². The molecule has 0 aliphatic rings. The number of carbonyl (C=O) groups is 1. The van der Waals surface area contributed by atoms with Crippen molar-refractivity contribution in [2.75, 3.05) is 11.1 Å². The maximum atomic E-state index is 11.9. The molecule has 6 nitrogen and oxygen atoms in total. The molecule has 0 unspecified atom stereocenters. The topological polar surface area (TPSA) is 101 Å². The number of nitrogens with two attached hydrogens (primary N) is 1. The summed E-state index contributed by atoms with van der Waals surface area (Å²) < 4.78 is 0. The van der Waals surface area contributed by atoms with Crippen LogP contribution in [0.25, 0.3) is 0 Å². The molecule has 0 bridgehead atoms. The predicted octanol–water partition coefficient (Wildman–Crippen LogP) is 0.913. The van der Waals surface area contributed by atoms with Crippen LogP contribution in [-0.2, 0) is 0 Å². The highest BCUT2D eigenvalue weighted by molar-refractivity contribution is 6.03. The van der Waals surface area contributed by atoms with E-state index in [4.69, 9.17) is 5.73 Å². The number of hydrogen-bond donors (Lipinski definition) is 3. The largest absolute Gasteiger partial charge is 0.397 e. The fourth-order valence-corrected chi connectivity index (χ4v) is 1.49. The summed E-state index contributed by atoms with van der Waals surface area (Å²) >= 11 is 0. The smallest absolute Gasteiger partial charge is 0.257 e. The number of nitrogens with zero attached hydrogens (tertiary/aromatic N) is 1. The van der Waals surface area contributed by atoms with Gasteiger partial charge in [0.1, 0.15) is 5.82 Å². The van der Waals surface area contributed by atoms with E-state index in [1.807, 2.05) is 0 Å². The Balaban J connectivity index is 2.24. The first-order chi connectivity index (χ1) is 8.56. The van der Waals surface area contributed by atoms with E-state index in [0.29, 0.717) is 11.5 Å². The van der Waals surface area contributed by atoms with E-state index in [0.717, 1.165) is 5.56 Å². The number of nitrogen functional groups attached to an aromatic ring is 1. The third-order valence-electron chi connectivity index (χ3n) is 2.37. The fourth-order valence-electron chi connectivity index (χ4n) is 1.49. The molecule has 92 valence electrons. The van der Waals surface area contributed by atoms with Crippen LogP contribution < -0.4 is 16.6 Å². The Kier molecular flexibility index (Phi) is 3.09. The molecule has 0 aliphatic carbocycles. The summed E-state index contributed by atoms with van der Waals surface area (Å²) in [7, 11) is 0. The lowest BCUT2D eigenvalue weighted by atomic mass is 10.2. The second kappa shape index (κ2) is 4.70. The van der Waals surface area contributed by atoms with Crippen molar-refractivity contribution in [2.45, 2.75) is 6.92 Å². The summed E-state index contributed by atoms with van der Waals surface area (Å²) in [4.78, 5) is 29.4. The van der Waals surface area contributed by atoms with Crippen LogP contribution >= 0.6 is 0 Å². The summed E-state index contributed by atoms with van der Waals surface area (Å²) in [5, 5.41) is 2.62. The molecule has 0 saturated carbocycles. The average Bonchev–Trinajstić information content (AvgIpc) is 2.32. The Bertz CT molecular complexity index is 649. The molecule has 18 heavy (non-hydrogen) atoms. The van der Waals surface area contributed by atoms with E-state index in [2.05, 4.69) is 15.3 Å². The molecule has 6 heteroatoms. The Morgan fingerprint density at radius 2 is 2.22 bits per heavy atom. The van der Waals surface area contributed by atoms with Gasteiger partial charge in [-0.3, -0.25) is 9.59 Å². The second-order valence-electron chi connectivity index (χ2n) is 3.83. The predicted molar refractivity (Wildman–Crippen MR) is 68.4 cm³/mol. The molecule has 2 aromatic heterocycles. The lowest BCUT2D eigenvalue weighted by Crippen LogP contribution is -2.17. The van der Waals surface area contributed by atoms with E-state index in [1.165, 1.54) is 24.5 Å². The van der Waals surface area contributed by atoms with Crippen LogP contribution in [0.5, 0.6) is 0 Å². The van der Waals surface area contributed by atoms with E-state index >= 15 is 0 Å². The molecule has 1 amide bonds. The van der Waals surface area contributed by atoms with Gasteiger partial charge in [-0.05, 0) is 24.6 Å². The molecule has 2 heterocycles. The third-order valence-corrected chi connectivity index (χ3v) is 2.37. The number of hydrogen-bond acceptors (Lipinski definition) is 4. The molecule has 0 aliphatic heterocycles. The number of rotatable bonds is 2. The Morgan fingerprint density at radius 1 is 1.44 bits per heavy atom. The van der Waals surface area contributed by atoms with Crippen LogP contribution in [0.3, 0.4) is 0 Å². The average molecular weight is 244 g/mol. The number of H-pyrrole nitrogens is 1. The van der Waals surface area contributed by atoms with Gasteiger partial charge in [-0.1, -0.05) is 0 Å². The Labute approximate surface area is 103 Å². The molecule has 0 atom stereocenters. The highest BCUT2D eigenvalue weighted by Gasteiger charge is 2.09. The molecule has 2 aromatic rings. The van der Waals surface area contributed by atoms with Gasteiger partial charge in [0.2, 0.25) is 5.56 Å². The van der Waals surface area contributed by atoms with E-state index in [-0.39, 0.29) is 17.0 Å². The van der Waals surface area contributed by atoms with E-state index in [1.54, 1.807) is 13.0 Å². The fraction of sp³-hybridized carbons (Fsp3) is 0.0833. The van der Waals surface area contributed by atoms with Gasteiger partial charge in [0, 0.05) is 17.8 Å². The van der Waals surface area contributed by atoms with Crippen molar-refractivity contribution in [3.8, 4) is 0 Å². The SMILES string of the molecule is Cc1cc(N)cnc1NC(=O)c1cc[nH]c(=O)c1. The van der Waals surface area contributed by atoms with Gasteiger partial charge in [0.25, 0.3) is 5.91 Å². The van der Waals surface area contributed by atoms with Crippen molar-refractivity contribution in [1.29, 1.82) is 0 Å². The van der Waals surface area contributed by atoms with Crippen LogP contribution in [0.4, 0.5) is 11.5 Å². The highest BCUT2D eigenvalue weighted by Crippen LogP contribution is 2.14. The van der Waals surface area contributed by atoms with Gasteiger partial charge in [0.15, 0.2) is 0 Å². The number of amides is 1. The lowest BCUT2D eigenvalue weighted by molar-refractivity contribution is 0.102. The normalized spacial score (nSPS) is 10.1.